The summed E-state index contributed by atoms with van der Waals surface area (Å²) in [5.74, 6) is 0.376. The molecule has 0 saturated carbocycles. The highest BCUT2D eigenvalue weighted by molar-refractivity contribution is 5.94. The lowest BCUT2D eigenvalue weighted by molar-refractivity contribution is -0.114. The van der Waals surface area contributed by atoms with Gasteiger partial charge in [0.15, 0.2) is 0 Å². The van der Waals surface area contributed by atoms with Crippen molar-refractivity contribution >= 4 is 17.6 Å². The maximum atomic E-state index is 11.9. The molecule has 0 radical (unpaired) electrons. The zero-order chi connectivity index (χ0) is 17.5. The van der Waals surface area contributed by atoms with Crippen LogP contribution in [0, 0.1) is 0 Å². The largest absolute Gasteiger partial charge is 0.497 e. The summed E-state index contributed by atoms with van der Waals surface area (Å²) in [5, 5.41) is 2.66. The molecule has 0 unspecified atom stereocenters. The van der Waals surface area contributed by atoms with Crippen LogP contribution < -0.4 is 14.8 Å². The van der Waals surface area contributed by atoms with E-state index in [0.717, 1.165) is 11.3 Å². The van der Waals surface area contributed by atoms with Crippen molar-refractivity contribution in [1.29, 1.82) is 0 Å². The predicted octanol–water partition coefficient (Wildman–Crippen LogP) is 3.02. The second-order valence-electron chi connectivity index (χ2n) is 5.02. The first kappa shape index (κ1) is 17.3. The van der Waals surface area contributed by atoms with E-state index in [1.54, 1.807) is 25.3 Å². The molecule has 0 aliphatic rings. The van der Waals surface area contributed by atoms with Gasteiger partial charge in [0, 0.05) is 18.7 Å². The average Bonchev–Trinajstić information content (AvgIpc) is 2.59. The van der Waals surface area contributed by atoms with Crippen molar-refractivity contribution in [2.24, 2.45) is 0 Å². The molecular weight excluding hydrogens is 310 g/mol. The summed E-state index contributed by atoms with van der Waals surface area (Å²) in [6.07, 6.45) is 0. The van der Waals surface area contributed by atoms with E-state index in [0.29, 0.717) is 17.0 Å². The van der Waals surface area contributed by atoms with Gasteiger partial charge in [0.2, 0.25) is 5.91 Å². The summed E-state index contributed by atoms with van der Waals surface area (Å²) in [5.41, 5.74) is 1.75. The van der Waals surface area contributed by atoms with Gasteiger partial charge < -0.3 is 19.5 Å². The maximum absolute atomic E-state index is 11.9. The number of methoxy groups -OCH3 is 2. The first-order valence-corrected chi connectivity index (χ1v) is 7.29. The average molecular weight is 329 g/mol. The van der Waals surface area contributed by atoms with Crippen molar-refractivity contribution < 1.29 is 23.8 Å². The van der Waals surface area contributed by atoms with Gasteiger partial charge in [-0.3, -0.25) is 4.79 Å². The maximum Gasteiger partial charge on any atom is 0.341 e. The third kappa shape index (κ3) is 4.49. The van der Waals surface area contributed by atoms with Crippen LogP contribution in [-0.4, -0.2) is 26.1 Å². The summed E-state index contributed by atoms with van der Waals surface area (Å²) in [6.45, 7) is 1.67. The summed E-state index contributed by atoms with van der Waals surface area (Å²) in [6, 6.07) is 12.2. The van der Waals surface area contributed by atoms with Gasteiger partial charge in [-0.25, -0.2) is 4.79 Å². The van der Waals surface area contributed by atoms with E-state index in [2.05, 4.69) is 5.32 Å². The molecule has 0 fully saturated rings. The van der Waals surface area contributed by atoms with Crippen molar-refractivity contribution in [2.45, 2.75) is 13.5 Å². The molecule has 1 N–H and O–H groups in total. The first-order valence-electron chi connectivity index (χ1n) is 7.29. The lowest BCUT2D eigenvalue weighted by Gasteiger charge is -2.13. The molecular formula is C18H19NO5. The van der Waals surface area contributed by atoms with Crippen molar-refractivity contribution in [3.63, 3.8) is 0 Å². The summed E-state index contributed by atoms with van der Waals surface area (Å²) >= 11 is 0. The minimum absolute atomic E-state index is 0.207. The fourth-order valence-electron chi connectivity index (χ4n) is 2.08. The molecule has 0 saturated heterocycles. The summed E-state index contributed by atoms with van der Waals surface area (Å²) in [7, 11) is 2.90. The molecule has 24 heavy (non-hydrogen) atoms. The van der Waals surface area contributed by atoms with Gasteiger partial charge in [-0.15, -0.1) is 0 Å². The molecule has 2 aromatic rings. The van der Waals surface area contributed by atoms with Crippen LogP contribution in [0.15, 0.2) is 42.5 Å². The third-order valence-corrected chi connectivity index (χ3v) is 3.26. The molecule has 0 atom stereocenters. The Morgan fingerprint density at radius 1 is 1.04 bits per heavy atom. The fourth-order valence-corrected chi connectivity index (χ4v) is 2.08. The van der Waals surface area contributed by atoms with Crippen molar-refractivity contribution in [2.75, 3.05) is 19.5 Å². The standard InChI is InChI=1S/C18H19NO5/c1-12(20)19-14-6-9-16(18(21)23-3)17(10-14)24-11-13-4-7-15(22-2)8-5-13/h4-10H,11H2,1-3H3,(H,19,20). The van der Waals surface area contributed by atoms with Gasteiger partial charge in [-0.1, -0.05) is 12.1 Å². The highest BCUT2D eigenvalue weighted by atomic mass is 16.5. The van der Waals surface area contributed by atoms with Crippen molar-refractivity contribution in [1.82, 2.24) is 0 Å². The highest BCUT2D eigenvalue weighted by Gasteiger charge is 2.14. The number of nitrogens with one attached hydrogen (secondary N) is 1. The molecule has 1 amide bonds. The Hall–Kier alpha value is -3.02. The first-order chi connectivity index (χ1) is 11.5. The van der Waals surface area contributed by atoms with E-state index < -0.39 is 5.97 Å². The molecule has 6 nitrogen and oxygen atoms in total. The van der Waals surface area contributed by atoms with E-state index in [1.807, 2.05) is 24.3 Å². The zero-order valence-corrected chi connectivity index (χ0v) is 13.8. The van der Waals surface area contributed by atoms with E-state index >= 15 is 0 Å². The van der Waals surface area contributed by atoms with E-state index in [-0.39, 0.29) is 12.5 Å². The number of benzene rings is 2. The molecule has 0 aliphatic carbocycles. The van der Waals surface area contributed by atoms with Gasteiger partial charge in [0.25, 0.3) is 0 Å². The molecule has 0 bridgehead atoms. The normalized spacial score (nSPS) is 9.96. The lowest BCUT2D eigenvalue weighted by Crippen LogP contribution is -2.09. The Kier molecular flexibility index (Phi) is 5.78. The van der Waals surface area contributed by atoms with Crippen LogP contribution in [0.2, 0.25) is 0 Å². The quantitative estimate of drug-likeness (QED) is 0.825. The Labute approximate surface area is 140 Å². The lowest BCUT2D eigenvalue weighted by atomic mass is 10.1. The molecule has 126 valence electrons. The van der Waals surface area contributed by atoms with Crippen LogP contribution >= 0.6 is 0 Å². The number of hydrogen-bond acceptors (Lipinski definition) is 5. The minimum atomic E-state index is -0.505. The Morgan fingerprint density at radius 3 is 2.33 bits per heavy atom. The molecule has 6 heteroatoms. The molecule has 0 heterocycles. The number of anilines is 1. The van der Waals surface area contributed by atoms with Crippen LogP contribution in [0.5, 0.6) is 11.5 Å². The number of esters is 1. The SMILES string of the molecule is COC(=O)c1ccc(NC(C)=O)cc1OCc1ccc(OC)cc1. The molecule has 0 aliphatic heterocycles. The van der Waals surface area contributed by atoms with Gasteiger partial charge in [-0.05, 0) is 29.8 Å². The van der Waals surface area contributed by atoms with Crippen LogP contribution in [0.3, 0.4) is 0 Å². The van der Waals surface area contributed by atoms with E-state index in [9.17, 15) is 9.59 Å². The monoisotopic (exact) mass is 329 g/mol. The summed E-state index contributed by atoms with van der Waals surface area (Å²) < 4.78 is 15.6. The Bertz CT molecular complexity index is 725. The van der Waals surface area contributed by atoms with Crippen molar-refractivity contribution in [3.05, 3.63) is 53.6 Å². The number of amides is 1. The number of carbonyl (C=O) groups is 2. The number of rotatable bonds is 6. The Morgan fingerprint density at radius 2 is 1.75 bits per heavy atom. The second-order valence-corrected chi connectivity index (χ2v) is 5.02. The molecule has 0 aromatic heterocycles. The second kappa shape index (κ2) is 8.01. The molecule has 2 rings (SSSR count). The van der Waals surface area contributed by atoms with Crippen LogP contribution in [0.4, 0.5) is 5.69 Å². The van der Waals surface area contributed by atoms with Crippen LogP contribution in [0.1, 0.15) is 22.8 Å². The van der Waals surface area contributed by atoms with Gasteiger partial charge in [0.05, 0.1) is 14.2 Å². The van der Waals surface area contributed by atoms with Crippen LogP contribution in [-0.2, 0) is 16.1 Å². The van der Waals surface area contributed by atoms with Gasteiger partial charge >= 0.3 is 5.97 Å². The zero-order valence-electron chi connectivity index (χ0n) is 13.8. The summed E-state index contributed by atoms with van der Waals surface area (Å²) in [4.78, 5) is 23.0. The fraction of sp³-hybridized carbons (Fsp3) is 0.222. The number of hydrogen-bond donors (Lipinski definition) is 1. The molecule has 2 aromatic carbocycles. The predicted molar refractivity (Wildman–Crippen MR) is 89.4 cm³/mol. The number of carbonyl (C=O) groups excluding carboxylic acids is 2. The smallest absolute Gasteiger partial charge is 0.341 e. The third-order valence-electron chi connectivity index (χ3n) is 3.26. The van der Waals surface area contributed by atoms with E-state index in [1.165, 1.54) is 14.0 Å². The van der Waals surface area contributed by atoms with E-state index in [4.69, 9.17) is 14.2 Å². The minimum Gasteiger partial charge on any atom is -0.497 e. The van der Waals surface area contributed by atoms with Crippen molar-refractivity contribution in [3.8, 4) is 11.5 Å². The molecule has 0 spiro atoms. The van der Waals surface area contributed by atoms with Gasteiger partial charge in [-0.2, -0.15) is 0 Å². The van der Waals surface area contributed by atoms with Gasteiger partial charge in [0.1, 0.15) is 23.7 Å². The number of ether oxygens (including phenoxy) is 3. The highest BCUT2D eigenvalue weighted by Crippen LogP contribution is 2.25. The Balaban J connectivity index is 2.20. The van der Waals surface area contributed by atoms with Crippen LogP contribution in [0.25, 0.3) is 0 Å². The topological polar surface area (TPSA) is 73.9 Å².